The predicted molar refractivity (Wildman–Crippen MR) is 69.6 cm³/mol. The maximum Gasteiger partial charge on any atom is 0.168 e. The number of halogens is 2. The largest absolute Gasteiger partial charge is 0.294 e. The van der Waals surface area contributed by atoms with E-state index in [0.717, 1.165) is 30.2 Å². The van der Waals surface area contributed by atoms with Crippen molar-refractivity contribution >= 4 is 21.7 Å². The molecule has 0 radical (unpaired) electrons. The number of hydrogen-bond donors (Lipinski definition) is 0. The highest BCUT2D eigenvalue weighted by molar-refractivity contribution is 9.10. The molecule has 17 heavy (non-hydrogen) atoms. The molecular weight excluding hydrogens is 283 g/mol. The van der Waals surface area contributed by atoms with Crippen molar-refractivity contribution in [3.05, 3.63) is 34.1 Å². The third-order valence-corrected chi connectivity index (χ3v) is 4.07. The van der Waals surface area contributed by atoms with Gasteiger partial charge in [0.15, 0.2) is 5.78 Å². The van der Waals surface area contributed by atoms with E-state index >= 15 is 0 Å². The van der Waals surface area contributed by atoms with Gasteiger partial charge in [-0.15, -0.1) is 0 Å². The van der Waals surface area contributed by atoms with E-state index < -0.39 is 5.82 Å². The molecule has 0 N–H and O–H groups in total. The maximum atomic E-state index is 13.6. The van der Waals surface area contributed by atoms with E-state index in [2.05, 4.69) is 22.9 Å². The molecule has 3 heteroatoms. The van der Waals surface area contributed by atoms with Gasteiger partial charge in [0, 0.05) is 10.4 Å². The van der Waals surface area contributed by atoms with Crippen LogP contribution in [0.25, 0.3) is 0 Å². The minimum Gasteiger partial charge on any atom is -0.294 e. The first kappa shape index (κ1) is 12.7. The number of ketones is 1. The summed E-state index contributed by atoms with van der Waals surface area (Å²) in [6.07, 6.45) is 3.94. The first-order valence-electron chi connectivity index (χ1n) is 6.07. The van der Waals surface area contributed by atoms with E-state index in [1.165, 1.54) is 6.07 Å². The summed E-state index contributed by atoms with van der Waals surface area (Å²) >= 11 is 3.28. The topological polar surface area (TPSA) is 17.1 Å². The van der Waals surface area contributed by atoms with E-state index in [9.17, 15) is 9.18 Å². The van der Waals surface area contributed by atoms with Crippen molar-refractivity contribution in [3.63, 3.8) is 0 Å². The molecule has 0 bridgehead atoms. The molecule has 0 heterocycles. The van der Waals surface area contributed by atoms with Crippen molar-refractivity contribution in [2.75, 3.05) is 0 Å². The first-order chi connectivity index (χ1) is 8.08. The summed E-state index contributed by atoms with van der Waals surface area (Å²) in [6.45, 7) is 2.21. The second-order valence-electron chi connectivity index (χ2n) is 4.95. The molecule has 0 spiro atoms. The average molecular weight is 299 g/mol. The fourth-order valence-electron chi connectivity index (χ4n) is 2.43. The number of Topliss-reactive ketones (excluding diaryl/α,β-unsaturated/α-hetero) is 1. The molecule has 0 aromatic heterocycles. The molecule has 0 aliphatic heterocycles. The van der Waals surface area contributed by atoms with Crippen LogP contribution in [-0.4, -0.2) is 5.78 Å². The fourth-order valence-corrected chi connectivity index (χ4v) is 2.79. The fraction of sp³-hybridized carbons (Fsp3) is 0.500. The summed E-state index contributed by atoms with van der Waals surface area (Å²) in [5.41, 5.74) is 0.235. The van der Waals surface area contributed by atoms with Gasteiger partial charge >= 0.3 is 0 Å². The standard InChI is InChI=1S/C14H16BrFO/c1-9-2-4-10(5-3-9)14(17)12-8-11(15)6-7-13(12)16/h6-10H,2-5H2,1H3. The number of benzene rings is 1. The average Bonchev–Trinajstić information content (AvgIpc) is 2.32. The zero-order valence-corrected chi connectivity index (χ0v) is 11.5. The third-order valence-electron chi connectivity index (χ3n) is 3.58. The van der Waals surface area contributed by atoms with Gasteiger partial charge in [0.25, 0.3) is 0 Å². The molecular formula is C14H16BrFO. The number of carbonyl (C=O) groups is 1. The Bertz CT molecular complexity index is 422. The van der Waals surface area contributed by atoms with E-state index in [-0.39, 0.29) is 17.3 Å². The highest BCUT2D eigenvalue weighted by atomic mass is 79.9. The van der Waals surface area contributed by atoms with Crippen molar-refractivity contribution < 1.29 is 9.18 Å². The van der Waals surface area contributed by atoms with Gasteiger partial charge in [-0.2, -0.15) is 0 Å². The van der Waals surface area contributed by atoms with Crippen molar-refractivity contribution in [3.8, 4) is 0 Å². The highest BCUT2D eigenvalue weighted by Crippen LogP contribution is 2.31. The first-order valence-corrected chi connectivity index (χ1v) is 6.86. The van der Waals surface area contributed by atoms with Crippen LogP contribution in [-0.2, 0) is 0 Å². The maximum absolute atomic E-state index is 13.6. The molecule has 0 amide bonds. The van der Waals surface area contributed by atoms with E-state index in [1.54, 1.807) is 12.1 Å². The molecule has 0 saturated heterocycles. The van der Waals surface area contributed by atoms with Crippen molar-refractivity contribution in [2.24, 2.45) is 11.8 Å². The summed E-state index contributed by atoms with van der Waals surface area (Å²) in [7, 11) is 0. The number of hydrogen-bond acceptors (Lipinski definition) is 1. The van der Waals surface area contributed by atoms with Gasteiger partial charge in [0.05, 0.1) is 5.56 Å². The van der Waals surface area contributed by atoms with Gasteiger partial charge in [-0.25, -0.2) is 4.39 Å². The lowest BCUT2D eigenvalue weighted by Crippen LogP contribution is -2.21. The monoisotopic (exact) mass is 298 g/mol. The van der Waals surface area contributed by atoms with Crippen LogP contribution < -0.4 is 0 Å². The van der Waals surface area contributed by atoms with Crippen LogP contribution in [0.3, 0.4) is 0 Å². The van der Waals surface area contributed by atoms with E-state index in [0.29, 0.717) is 5.92 Å². The van der Waals surface area contributed by atoms with E-state index in [1.807, 2.05) is 0 Å². The molecule has 1 aliphatic carbocycles. The number of carbonyl (C=O) groups excluding carboxylic acids is 1. The SMILES string of the molecule is CC1CCC(C(=O)c2cc(Br)ccc2F)CC1. The summed E-state index contributed by atoms with van der Waals surface area (Å²) in [6, 6.07) is 4.56. The second kappa shape index (κ2) is 5.30. The lowest BCUT2D eigenvalue weighted by Gasteiger charge is -2.25. The summed E-state index contributed by atoms with van der Waals surface area (Å²) in [4.78, 5) is 12.2. The molecule has 1 aromatic rings. The minimum absolute atomic E-state index is 0.00926. The normalized spacial score (nSPS) is 24.6. The van der Waals surface area contributed by atoms with Gasteiger partial charge in [-0.3, -0.25) is 4.79 Å². The van der Waals surface area contributed by atoms with Gasteiger partial charge in [-0.1, -0.05) is 35.7 Å². The molecule has 1 nitrogen and oxygen atoms in total. The smallest absolute Gasteiger partial charge is 0.168 e. The Labute approximate surface area is 110 Å². The Morgan fingerprint density at radius 1 is 1.29 bits per heavy atom. The molecule has 1 fully saturated rings. The number of rotatable bonds is 2. The van der Waals surface area contributed by atoms with Crippen LogP contribution in [0.1, 0.15) is 43.0 Å². The van der Waals surface area contributed by atoms with E-state index in [4.69, 9.17) is 0 Å². The Hall–Kier alpha value is -0.700. The zero-order chi connectivity index (χ0) is 12.4. The molecule has 1 aromatic carbocycles. The van der Waals surface area contributed by atoms with Crippen LogP contribution >= 0.6 is 15.9 Å². The molecule has 0 atom stereocenters. The van der Waals surface area contributed by atoms with Crippen molar-refractivity contribution in [2.45, 2.75) is 32.6 Å². The van der Waals surface area contributed by atoms with Crippen molar-refractivity contribution in [1.82, 2.24) is 0 Å². The van der Waals surface area contributed by atoms with Crippen LogP contribution in [0.2, 0.25) is 0 Å². The van der Waals surface area contributed by atoms with Crippen LogP contribution in [0.5, 0.6) is 0 Å². The van der Waals surface area contributed by atoms with Crippen molar-refractivity contribution in [1.29, 1.82) is 0 Å². The van der Waals surface area contributed by atoms with Crippen LogP contribution in [0, 0.1) is 17.7 Å². The Morgan fingerprint density at radius 2 is 1.94 bits per heavy atom. The molecule has 92 valence electrons. The second-order valence-corrected chi connectivity index (χ2v) is 5.86. The molecule has 2 rings (SSSR count). The minimum atomic E-state index is -0.406. The third kappa shape index (κ3) is 2.95. The van der Waals surface area contributed by atoms with Crippen LogP contribution in [0.15, 0.2) is 22.7 Å². The van der Waals surface area contributed by atoms with Gasteiger partial charge in [0.1, 0.15) is 5.82 Å². The zero-order valence-electron chi connectivity index (χ0n) is 9.88. The molecule has 1 aliphatic rings. The molecule has 1 saturated carbocycles. The summed E-state index contributed by atoms with van der Waals surface area (Å²) < 4.78 is 14.4. The van der Waals surface area contributed by atoms with Gasteiger partial charge in [0.2, 0.25) is 0 Å². The summed E-state index contributed by atoms with van der Waals surface area (Å²) in [5, 5.41) is 0. The van der Waals surface area contributed by atoms with Crippen LogP contribution in [0.4, 0.5) is 4.39 Å². The quantitative estimate of drug-likeness (QED) is 0.730. The lowest BCUT2D eigenvalue weighted by molar-refractivity contribution is 0.0871. The highest BCUT2D eigenvalue weighted by Gasteiger charge is 2.26. The predicted octanol–water partition coefficient (Wildman–Crippen LogP) is 4.60. The molecule has 0 unspecified atom stereocenters. The lowest BCUT2D eigenvalue weighted by atomic mass is 9.79. The Balaban J connectivity index is 2.16. The Kier molecular flexibility index (Phi) is 3.97. The van der Waals surface area contributed by atoms with Gasteiger partial charge < -0.3 is 0 Å². The Morgan fingerprint density at radius 3 is 2.59 bits per heavy atom. The summed E-state index contributed by atoms with van der Waals surface area (Å²) in [5.74, 6) is 0.272. The van der Waals surface area contributed by atoms with Gasteiger partial charge in [-0.05, 0) is 37.0 Å².